The van der Waals surface area contributed by atoms with E-state index in [4.69, 9.17) is 0 Å². The number of ketones is 1. The van der Waals surface area contributed by atoms with Gasteiger partial charge in [0.25, 0.3) is 0 Å². The van der Waals surface area contributed by atoms with E-state index in [9.17, 15) is 14.9 Å². The fourth-order valence-electron chi connectivity index (χ4n) is 1.16. The third kappa shape index (κ3) is 2.91. The van der Waals surface area contributed by atoms with Crippen molar-refractivity contribution in [2.24, 2.45) is 0 Å². The molecular formula is C11H12N2O3. The third-order valence-electron chi connectivity index (χ3n) is 2.07. The van der Waals surface area contributed by atoms with Crippen molar-refractivity contribution in [3.8, 4) is 0 Å². The first-order valence-corrected chi connectivity index (χ1v) is 4.70. The van der Waals surface area contributed by atoms with Crippen LogP contribution in [0.4, 0.5) is 5.69 Å². The van der Waals surface area contributed by atoms with Crippen molar-refractivity contribution in [1.82, 2.24) is 0 Å². The summed E-state index contributed by atoms with van der Waals surface area (Å²) in [5.74, 6) is -0.578. The van der Waals surface area contributed by atoms with Crippen molar-refractivity contribution in [2.45, 2.75) is 13.8 Å². The number of para-hydroxylation sites is 1. The van der Waals surface area contributed by atoms with Crippen LogP contribution in [-0.2, 0) is 4.79 Å². The summed E-state index contributed by atoms with van der Waals surface area (Å²) in [5.41, 5.74) is 1.23. The summed E-state index contributed by atoms with van der Waals surface area (Å²) >= 11 is 0. The number of anilines is 1. The van der Waals surface area contributed by atoms with Crippen LogP contribution in [0.2, 0.25) is 0 Å². The molecule has 0 atom stereocenters. The molecule has 0 spiro atoms. The molecule has 0 bridgehead atoms. The van der Waals surface area contributed by atoms with E-state index in [2.05, 4.69) is 5.32 Å². The highest BCUT2D eigenvalue weighted by atomic mass is 16.6. The van der Waals surface area contributed by atoms with Crippen LogP contribution < -0.4 is 5.32 Å². The maximum Gasteiger partial charge on any atom is 0.327 e. The number of carbonyl (C=O) groups is 1. The molecule has 1 N–H and O–H groups in total. The lowest BCUT2D eigenvalue weighted by Crippen LogP contribution is -2.09. The summed E-state index contributed by atoms with van der Waals surface area (Å²) in [4.78, 5) is 20.8. The molecule has 5 heteroatoms. The van der Waals surface area contributed by atoms with Crippen LogP contribution >= 0.6 is 0 Å². The molecule has 5 nitrogen and oxygen atoms in total. The van der Waals surface area contributed by atoms with E-state index in [1.807, 2.05) is 25.1 Å². The average molecular weight is 220 g/mol. The van der Waals surface area contributed by atoms with Gasteiger partial charge < -0.3 is 5.32 Å². The van der Waals surface area contributed by atoms with Gasteiger partial charge in [-0.3, -0.25) is 14.9 Å². The van der Waals surface area contributed by atoms with E-state index in [1.165, 1.54) is 0 Å². The monoisotopic (exact) mass is 220 g/mol. The fraction of sp³-hybridized carbons (Fsp3) is 0.182. The summed E-state index contributed by atoms with van der Waals surface area (Å²) in [7, 11) is 0. The Kier molecular flexibility index (Phi) is 3.77. The van der Waals surface area contributed by atoms with Gasteiger partial charge in [-0.2, -0.15) is 0 Å². The van der Waals surface area contributed by atoms with Gasteiger partial charge in [-0.25, -0.2) is 0 Å². The topological polar surface area (TPSA) is 72.2 Å². The van der Waals surface area contributed by atoms with E-state index in [0.717, 1.165) is 24.4 Å². The Morgan fingerprint density at radius 2 is 2.06 bits per heavy atom. The number of nitro groups is 1. The lowest BCUT2D eigenvalue weighted by molar-refractivity contribution is -0.418. The average Bonchev–Trinajstić information content (AvgIpc) is 2.20. The van der Waals surface area contributed by atoms with Crippen molar-refractivity contribution >= 4 is 11.5 Å². The molecule has 84 valence electrons. The molecule has 0 amide bonds. The quantitative estimate of drug-likeness (QED) is 0.479. The van der Waals surface area contributed by atoms with Crippen LogP contribution in [0.25, 0.3) is 0 Å². The first kappa shape index (κ1) is 11.9. The number of hydrogen-bond acceptors (Lipinski definition) is 4. The van der Waals surface area contributed by atoms with Gasteiger partial charge in [0.05, 0.1) is 11.1 Å². The minimum Gasteiger partial charge on any atom is -0.356 e. The fourth-order valence-corrected chi connectivity index (χ4v) is 1.16. The molecule has 1 aromatic carbocycles. The highest BCUT2D eigenvalue weighted by molar-refractivity contribution is 5.91. The summed E-state index contributed by atoms with van der Waals surface area (Å²) in [6.07, 6.45) is 1.12. The van der Waals surface area contributed by atoms with Crippen LogP contribution in [0, 0.1) is 17.0 Å². The number of carbonyl (C=O) groups excluding carboxylic acids is 1. The summed E-state index contributed by atoms with van der Waals surface area (Å²) in [5, 5.41) is 13.3. The molecule has 0 aromatic heterocycles. The predicted octanol–water partition coefficient (Wildman–Crippen LogP) is 2.11. The van der Waals surface area contributed by atoms with Crippen molar-refractivity contribution in [2.75, 3.05) is 5.32 Å². The van der Waals surface area contributed by atoms with E-state index in [-0.39, 0.29) is 0 Å². The van der Waals surface area contributed by atoms with E-state index in [1.54, 1.807) is 6.07 Å². The molecule has 0 heterocycles. The maximum atomic E-state index is 10.9. The van der Waals surface area contributed by atoms with Crippen molar-refractivity contribution in [3.63, 3.8) is 0 Å². The van der Waals surface area contributed by atoms with Crippen LogP contribution in [0.1, 0.15) is 12.5 Å². The lowest BCUT2D eigenvalue weighted by atomic mass is 10.2. The molecular weight excluding hydrogens is 208 g/mol. The Labute approximate surface area is 92.9 Å². The summed E-state index contributed by atoms with van der Waals surface area (Å²) < 4.78 is 0. The van der Waals surface area contributed by atoms with Gasteiger partial charge in [0.15, 0.2) is 0 Å². The molecule has 0 saturated carbocycles. The number of benzene rings is 1. The van der Waals surface area contributed by atoms with E-state index < -0.39 is 16.4 Å². The van der Waals surface area contributed by atoms with Gasteiger partial charge in [-0.05, 0) is 18.6 Å². The first-order valence-electron chi connectivity index (χ1n) is 4.70. The molecule has 0 aliphatic carbocycles. The Morgan fingerprint density at radius 1 is 1.44 bits per heavy atom. The van der Waals surface area contributed by atoms with Crippen LogP contribution in [-0.4, -0.2) is 10.7 Å². The normalized spacial score (nSPS) is 11.0. The van der Waals surface area contributed by atoms with Gasteiger partial charge in [0, 0.05) is 12.6 Å². The smallest absolute Gasteiger partial charge is 0.327 e. The van der Waals surface area contributed by atoms with Crippen LogP contribution in [0.5, 0.6) is 0 Å². The molecule has 1 aromatic rings. The number of rotatable bonds is 4. The first-order chi connectivity index (χ1) is 7.52. The number of nitrogens with zero attached hydrogens (tertiary/aromatic N) is 1. The second-order valence-electron chi connectivity index (χ2n) is 3.30. The SMILES string of the molecule is CC(=O)/C(=C/Nc1ccccc1C)[N+](=O)[O-]. The van der Waals surface area contributed by atoms with Crippen LogP contribution in [0.15, 0.2) is 36.2 Å². The van der Waals surface area contributed by atoms with E-state index in [0.29, 0.717) is 0 Å². The number of aryl methyl sites for hydroxylation is 1. The number of hydrogen-bond donors (Lipinski definition) is 1. The molecule has 0 saturated heterocycles. The zero-order chi connectivity index (χ0) is 12.1. The molecule has 0 aliphatic rings. The molecule has 0 radical (unpaired) electrons. The number of Topliss-reactive ketones (excluding diaryl/α,β-unsaturated/α-hetero) is 1. The Morgan fingerprint density at radius 3 is 2.56 bits per heavy atom. The Bertz CT molecular complexity index is 436. The van der Waals surface area contributed by atoms with E-state index >= 15 is 0 Å². The third-order valence-corrected chi connectivity index (χ3v) is 2.07. The van der Waals surface area contributed by atoms with Crippen LogP contribution in [0.3, 0.4) is 0 Å². The van der Waals surface area contributed by atoms with Gasteiger partial charge in [0.1, 0.15) is 0 Å². The highest BCUT2D eigenvalue weighted by Crippen LogP contribution is 2.13. The second-order valence-corrected chi connectivity index (χ2v) is 3.30. The van der Waals surface area contributed by atoms with Gasteiger partial charge >= 0.3 is 5.70 Å². The minimum absolute atomic E-state index is 0.455. The minimum atomic E-state index is -0.701. The number of nitrogens with one attached hydrogen (secondary N) is 1. The highest BCUT2D eigenvalue weighted by Gasteiger charge is 2.16. The standard InChI is InChI=1S/C11H12N2O3/c1-8-5-3-4-6-10(8)12-7-11(9(2)14)13(15)16/h3-7,12H,1-2H3/b11-7-. The maximum absolute atomic E-state index is 10.9. The van der Waals surface area contributed by atoms with Crippen molar-refractivity contribution < 1.29 is 9.72 Å². The molecule has 0 unspecified atom stereocenters. The number of allylic oxidation sites excluding steroid dienone is 1. The zero-order valence-corrected chi connectivity index (χ0v) is 9.06. The van der Waals surface area contributed by atoms with Gasteiger partial charge in [0.2, 0.25) is 5.78 Å². The zero-order valence-electron chi connectivity index (χ0n) is 9.06. The molecule has 0 fully saturated rings. The van der Waals surface area contributed by atoms with Gasteiger partial charge in [-0.15, -0.1) is 0 Å². The molecule has 16 heavy (non-hydrogen) atoms. The molecule has 1 rings (SSSR count). The van der Waals surface area contributed by atoms with Crippen molar-refractivity contribution in [3.05, 3.63) is 51.8 Å². The van der Waals surface area contributed by atoms with Crippen molar-refractivity contribution in [1.29, 1.82) is 0 Å². The Hall–Kier alpha value is -2.17. The molecule has 0 aliphatic heterocycles. The predicted molar refractivity (Wildman–Crippen MR) is 60.6 cm³/mol. The van der Waals surface area contributed by atoms with Gasteiger partial charge in [-0.1, -0.05) is 18.2 Å². The largest absolute Gasteiger partial charge is 0.356 e. The summed E-state index contributed by atoms with van der Waals surface area (Å²) in [6.45, 7) is 3.03. The summed E-state index contributed by atoms with van der Waals surface area (Å²) in [6, 6.07) is 7.33. The lowest BCUT2D eigenvalue weighted by Gasteiger charge is -2.03. The second kappa shape index (κ2) is 5.06. The Balaban J connectivity index is 2.90.